The maximum Gasteiger partial charge on any atom is 0.191 e. The molecule has 1 atom stereocenters. The zero-order valence-electron chi connectivity index (χ0n) is 15.2. The van der Waals surface area contributed by atoms with E-state index in [0.717, 1.165) is 43.2 Å². The van der Waals surface area contributed by atoms with Crippen LogP contribution in [0.5, 0.6) is 0 Å². The van der Waals surface area contributed by atoms with Gasteiger partial charge in [-0.1, -0.05) is 18.2 Å². The number of rotatable bonds is 7. The van der Waals surface area contributed by atoms with Crippen LogP contribution in [0.1, 0.15) is 18.4 Å². The van der Waals surface area contributed by atoms with Crippen molar-refractivity contribution in [3.8, 4) is 5.69 Å². The number of nitrogens with one attached hydrogen (secondary N) is 2. The Bertz CT molecular complexity index is 708. The number of imidazole rings is 1. The van der Waals surface area contributed by atoms with Crippen molar-refractivity contribution in [2.24, 2.45) is 10.4 Å². The molecule has 3 rings (SSSR count). The zero-order chi connectivity index (χ0) is 18.2. The summed E-state index contributed by atoms with van der Waals surface area (Å²) in [5.41, 5.74) is 2.23. The van der Waals surface area contributed by atoms with Gasteiger partial charge in [0.1, 0.15) is 0 Å². The second-order valence-electron chi connectivity index (χ2n) is 6.65. The van der Waals surface area contributed by atoms with Crippen molar-refractivity contribution in [2.75, 3.05) is 33.4 Å². The number of para-hydroxylation sites is 1. The molecule has 1 aromatic carbocycles. The van der Waals surface area contributed by atoms with Crippen molar-refractivity contribution in [3.05, 3.63) is 48.5 Å². The highest BCUT2D eigenvalue weighted by molar-refractivity contribution is 5.79. The van der Waals surface area contributed by atoms with Crippen molar-refractivity contribution >= 4 is 5.96 Å². The third-order valence-corrected chi connectivity index (χ3v) is 4.90. The molecule has 2 aromatic rings. The molecule has 26 heavy (non-hydrogen) atoms. The molecule has 0 radical (unpaired) electrons. The number of aliphatic hydroxyl groups excluding tert-OH is 1. The molecule has 1 aliphatic heterocycles. The fourth-order valence-corrected chi connectivity index (χ4v) is 3.30. The van der Waals surface area contributed by atoms with Gasteiger partial charge in [-0.3, -0.25) is 4.99 Å². The largest absolute Gasteiger partial charge is 0.396 e. The van der Waals surface area contributed by atoms with Crippen molar-refractivity contribution < 1.29 is 9.84 Å². The van der Waals surface area contributed by atoms with Crippen LogP contribution < -0.4 is 10.6 Å². The van der Waals surface area contributed by atoms with E-state index in [-0.39, 0.29) is 12.0 Å². The lowest BCUT2D eigenvalue weighted by molar-refractivity contribution is 0.127. The van der Waals surface area contributed by atoms with E-state index in [4.69, 9.17) is 4.74 Å². The molecule has 1 aromatic heterocycles. The van der Waals surface area contributed by atoms with Gasteiger partial charge in [0.25, 0.3) is 0 Å². The molecule has 1 aliphatic rings. The third kappa shape index (κ3) is 4.42. The number of hydrogen-bond donors (Lipinski definition) is 3. The van der Waals surface area contributed by atoms with Crippen LogP contribution in [-0.2, 0) is 11.3 Å². The Balaban J connectivity index is 1.60. The van der Waals surface area contributed by atoms with E-state index < -0.39 is 0 Å². The lowest BCUT2D eigenvalue weighted by Crippen LogP contribution is -2.44. The number of hydrogen-bond acceptors (Lipinski definition) is 4. The quantitative estimate of drug-likeness (QED) is 0.514. The number of nitrogens with zero attached hydrogens (tertiary/aromatic N) is 3. The summed E-state index contributed by atoms with van der Waals surface area (Å²) in [6.45, 7) is 3.00. The highest BCUT2D eigenvalue weighted by Gasteiger charge is 2.34. The van der Waals surface area contributed by atoms with Crippen LogP contribution in [0, 0.1) is 5.41 Å². The van der Waals surface area contributed by atoms with E-state index >= 15 is 0 Å². The fraction of sp³-hybridized carbons (Fsp3) is 0.474. The first-order valence-corrected chi connectivity index (χ1v) is 8.96. The first-order chi connectivity index (χ1) is 12.8. The summed E-state index contributed by atoms with van der Waals surface area (Å²) in [6.07, 6.45) is 7.20. The molecule has 0 amide bonds. The van der Waals surface area contributed by atoms with E-state index in [1.54, 1.807) is 19.6 Å². The number of benzene rings is 1. The van der Waals surface area contributed by atoms with Gasteiger partial charge in [0.05, 0.1) is 18.6 Å². The van der Waals surface area contributed by atoms with Gasteiger partial charge in [0, 0.05) is 51.2 Å². The predicted molar refractivity (Wildman–Crippen MR) is 101 cm³/mol. The smallest absolute Gasteiger partial charge is 0.191 e. The molecule has 7 heteroatoms. The van der Waals surface area contributed by atoms with Crippen molar-refractivity contribution in [2.45, 2.75) is 19.4 Å². The minimum atomic E-state index is -0.0128. The van der Waals surface area contributed by atoms with Gasteiger partial charge in [0.2, 0.25) is 0 Å². The van der Waals surface area contributed by atoms with Crippen molar-refractivity contribution in [1.29, 1.82) is 0 Å². The topological polar surface area (TPSA) is 83.7 Å². The average Bonchev–Trinajstić information content (AvgIpc) is 3.35. The Morgan fingerprint density at radius 2 is 2.27 bits per heavy atom. The van der Waals surface area contributed by atoms with Gasteiger partial charge in [-0.2, -0.15) is 0 Å². The summed E-state index contributed by atoms with van der Waals surface area (Å²) in [6, 6.07) is 8.21. The first-order valence-electron chi connectivity index (χ1n) is 8.96. The van der Waals surface area contributed by atoms with Gasteiger partial charge in [-0.25, -0.2) is 4.98 Å². The summed E-state index contributed by atoms with van der Waals surface area (Å²) in [5, 5.41) is 16.1. The fourth-order valence-electron chi connectivity index (χ4n) is 3.30. The second-order valence-corrected chi connectivity index (χ2v) is 6.65. The number of ether oxygens (including phenoxy) is 1. The Hall–Kier alpha value is -2.38. The van der Waals surface area contributed by atoms with E-state index in [1.165, 1.54) is 0 Å². The molecule has 0 aliphatic carbocycles. The summed E-state index contributed by atoms with van der Waals surface area (Å²) < 4.78 is 7.54. The van der Waals surface area contributed by atoms with Crippen LogP contribution in [0.25, 0.3) is 5.69 Å². The Morgan fingerprint density at radius 3 is 2.96 bits per heavy atom. The van der Waals surface area contributed by atoms with E-state index in [0.29, 0.717) is 13.2 Å². The summed E-state index contributed by atoms with van der Waals surface area (Å²) in [4.78, 5) is 8.44. The molecule has 0 saturated carbocycles. The number of aliphatic hydroxyl groups is 1. The number of guanidine groups is 1. The number of aromatic nitrogens is 2. The van der Waals surface area contributed by atoms with Crippen LogP contribution in [0.2, 0.25) is 0 Å². The van der Waals surface area contributed by atoms with Gasteiger partial charge in [-0.05, 0) is 24.5 Å². The van der Waals surface area contributed by atoms with E-state index in [9.17, 15) is 5.11 Å². The minimum absolute atomic E-state index is 0.0128. The predicted octanol–water partition coefficient (Wildman–Crippen LogP) is 1.33. The molecule has 1 unspecified atom stereocenters. The maximum absolute atomic E-state index is 9.35. The van der Waals surface area contributed by atoms with Crippen molar-refractivity contribution in [1.82, 2.24) is 20.2 Å². The molecule has 0 spiro atoms. The zero-order valence-corrected chi connectivity index (χ0v) is 15.2. The number of aliphatic imine (C=N–C) groups is 1. The lowest BCUT2D eigenvalue weighted by Gasteiger charge is -2.27. The van der Waals surface area contributed by atoms with E-state index in [2.05, 4.69) is 32.7 Å². The van der Waals surface area contributed by atoms with Gasteiger partial charge >= 0.3 is 0 Å². The molecule has 140 valence electrons. The molecular weight excluding hydrogens is 330 g/mol. The van der Waals surface area contributed by atoms with Gasteiger partial charge < -0.3 is 25.0 Å². The van der Waals surface area contributed by atoms with Crippen LogP contribution >= 0.6 is 0 Å². The van der Waals surface area contributed by atoms with Crippen LogP contribution in [0.15, 0.2) is 48.0 Å². The van der Waals surface area contributed by atoms with Crippen LogP contribution in [0.4, 0.5) is 0 Å². The van der Waals surface area contributed by atoms with Crippen molar-refractivity contribution in [3.63, 3.8) is 0 Å². The SMILES string of the molecule is CN=C(NCc1ccccc1-n1ccnc1)NCC1(CCO)CCOC1. The summed E-state index contributed by atoms with van der Waals surface area (Å²) >= 11 is 0. The molecule has 0 bridgehead atoms. The Labute approximate surface area is 154 Å². The average molecular weight is 357 g/mol. The Kier molecular flexibility index (Phi) is 6.25. The maximum atomic E-state index is 9.35. The standard InChI is InChI=1S/C19H27N5O2/c1-20-18(23-13-19(6-10-25)7-11-26-14-19)22-12-16-4-2-3-5-17(16)24-9-8-21-15-24/h2-5,8-9,15,25H,6-7,10-14H2,1H3,(H2,20,22,23). The lowest BCUT2D eigenvalue weighted by atomic mass is 9.84. The molecule has 7 nitrogen and oxygen atoms in total. The molecule has 2 heterocycles. The minimum Gasteiger partial charge on any atom is -0.396 e. The van der Waals surface area contributed by atoms with Gasteiger partial charge in [-0.15, -0.1) is 0 Å². The first kappa shape index (κ1) is 18.4. The monoisotopic (exact) mass is 357 g/mol. The van der Waals surface area contributed by atoms with Crippen LogP contribution in [-0.4, -0.2) is 54.0 Å². The van der Waals surface area contributed by atoms with Crippen LogP contribution in [0.3, 0.4) is 0 Å². The molecule has 1 fully saturated rings. The van der Waals surface area contributed by atoms with Gasteiger partial charge in [0.15, 0.2) is 5.96 Å². The molecule has 3 N–H and O–H groups in total. The molecular formula is C19H27N5O2. The third-order valence-electron chi connectivity index (χ3n) is 4.90. The van der Waals surface area contributed by atoms with E-state index in [1.807, 2.05) is 22.9 Å². The normalized spacial score (nSPS) is 20.3. The highest BCUT2D eigenvalue weighted by atomic mass is 16.5. The summed E-state index contributed by atoms with van der Waals surface area (Å²) in [5.74, 6) is 0.745. The summed E-state index contributed by atoms with van der Waals surface area (Å²) in [7, 11) is 1.76. The highest BCUT2D eigenvalue weighted by Crippen LogP contribution is 2.31. The molecule has 1 saturated heterocycles. The second kappa shape index (κ2) is 8.82. The Morgan fingerprint density at radius 1 is 1.38 bits per heavy atom.